The third-order valence-corrected chi connectivity index (χ3v) is 5.07. The minimum absolute atomic E-state index is 0.500. The fraction of sp³-hybridized carbons (Fsp3) is 0.722. The van der Waals surface area contributed by atoms with Crippen LogP contribution >= 0.6 is 11.3 Å². The van der Waals surface area contributed by atoms with Crippen molar-refractivity contribution in [1.29, 1.82) is 0 Å². The third kappa shape index (κ3) is 6.69. The summed E-state index contributed by atoms with van der Waals surface area (Å²) in [5, 5.41) is 10.5. The van der Waals surface area contributed by atoms with E-state index in [1.165, 1.54) is 11.4 Å². The molecule has 1 aromatic heterocycles. The highest BCUT2D eigenvalue weighted by molar-refractivity contribution is 7.14. The summed E-state index contributed by atoms with van der Waals surface area (Å²) in [6, 6.07) is 4.84. The van der Waals surface area contributed by atoms with Gasteiger partial charge in [-0.2, -0.15) is 0 Å². The third-order valence-electron chi connectivity index (χ3n) is 4.15. The van der Waals surface area contributed by atoms with E-state index in [1.807, 2.05) is 11.3 Å². The molecule has 0 aliphatic carbocycles. The van der Waals surface area contributed by atoms with Crippen molar-refractivity contribution in [2.75, 3.05) is 44.3 Å². The first kappa shape index (κ1) is 19.1. The van der Waals surface area contributed by atoms with Gasteiger partial charge in [0.2, 0.25) is 0 Å². The largest absolute Gasteiger partial charge is 0.380 e. The molecule has 0 spiro atoms. The van der Waals surface area contributed by atoms with Crippen LogP contribution in [0.4, 0.5) is 5.00 Å². The van der Waals surface area contributed by atoms with Crippen LogP contribution in [0.3, 0.4) is 0 Å². The molecule has 0 saturated carbocycles. The van der Waals surface area contributed by atoms with Crippen LogP contribution in [0.5, 0.6) is 0 Å². The normalized spacial score (nSPS) is 16.4. The van der Waals surface area contributed by atoms with E-state index in [-0.39, 0.29) is 0 Å². The molecule has 0 amide bonds. The van der Waals surface area contributed by atoms with Gasteiger partial charge in [-0.25, -0.2) is 0 Å². The lowest BCUT2D eigenvalue weighted by atomic mass is 10.1. The Kier molecular flexibility index (Phi) is 8.98. The minimum Gasteiger partial charge on any atom is -0.380 e. The Balaban J connectivity index is 1.70. The molecule has 1 aliphatic rings. The van der Waals surface area contributed by atoms with Gasteiger partial charge in [0.05, 0.1) is 18.2 Å². The summed E-state index contributed by atoms with van der Waals surface area (Å²) in [6.45, 7) is 9.65. The van der Waals surface area contributed by atoms with E-state index in [2.05, 4.69) is 51.9 Å². The Morgan fingerprint density at radius 3 is 2.83 bits per heavy atom. The molecule has 2 rings (SSSR count). The van der Waals surface area contributed by atoms with Crippen molar-refractivity contribution in [3.05, 3.63) is 17.5 Å². The van der Waals surface area contributed by atoms with Gasteiger partial charge in [-0.1, -0.05) is 13.3 Å². The second-order valence-corrected chi connectivity index (χ2v) is 7.01. The van der Waals surface area contributed by atoms with Crippen LogP contribution in [-0.4, -0.2) is 51.4 Å². The van der Waals surface area contributed by atoms with E-state index < -0.39 is 0 Å². The number of thiophene rings is 1. The quantitative estimate of drug-likeness (QED) is 0.407. The zero-order valence-corrected chi connectivity index (χ0v) is 15.9. The number of guanidine groups is 1. The van der Waals surface area contributed by atoms with Crippen LogP contribution in [-0.2, 0) is 4.74 Å². The van der Waals surface area contributed by atoms with Crippen LogP contribution < -0.4 is 15.5 Å². The zero-order valence-electron chi connectivity index (χ0n) is 15.1. The average molecular weight is 353 g/mol. The van der Waals surface area contributed by atoms with Gasteiger partial charge in [0.1, 0.15) is 0 Å². The van der Waals surface area contributed by atoms with Crippen LogP contribution in [0.1, 0.15) is 39.5 Å². The van der Waals surface area contributed by atoms with Gasteiger partial charge >= 0.3 is 0 Å². The molecule has 0 unspecified atom stereocenters. The first-order chi connectivity index (χ1) is 11.8. The molecule has 136 valence electrons. The fourth-order valence-corrected chi connectivity index (χ4v) is 3.56. The molecule has 1 aromatic rings. The van der Waals surface area contributed by atoms with Gasteiger partial charge in [0, 0.05) is 32.3 Å². The first-order valence-corrected chi connectivity index (χ1v) is 10.1. The molecule has 0 aromatic carbocycles. The summed E-state index contributed by atoms with van der Waals surface area (Å²) in [6.07, 6.45) is 4.60. The number of anilines is 1. The van der Waals surface area contributed by atoms with Crippen LogP contribution in [0.2, 0.25) is 0 Å². The Hall–Kier alpha value is -1.27. The highest BCUT2D eigenvalue weighted by Crippen LogP contribution is 2.24. The van der Waals surface area contributed by atoms with Gasteiger partial charge in [-0.15, -0.1) is 11.3 Å². The van der Waals surface area contributed by atoms with Crippen molar-refractivity contribution < 1.29 is 4.74 Å². The van der Waals surface area contributed by atoms with Crippen molar-refractivity contribution in [2.24, 2.45) is 4.99 Å². The van der Waals surface area contributed by atoms with Crippen molar-refractivity contribution in [2.45, 2.75) is 45.6 Å². The van der Waals surface area contributed by atoms with Crippen LogP contribution in [0.25, 0.3) is 0 Å². The molecule has 0 atom stereocenters. The number of aliphatic imine (C=N–C) groups is 1. The van der Waals surface area contributed by atoms with E-state index in [4.69, 9.17) is 4.74 Å². The molecule has 1 aliphatic heterocycles. The van der Waals surface area contributed by atoms with E-state index in [0.717, 1.165) is 51.5 Å². The smallest absolute Gasteiger partial charge is 0.191 e. The fourth-order valence-electron chi connectivity index (χ4n) is 2.78. The second kappa shape index (κ2) is 11.3. The predicted molar refractivity (Wildman–Crippen MR) is 104 cm³/mol. The number of hydrogen-bond donors (Lipinski definition) is 2. The molecule has 0 radical (unpaired) electrons. The summed E-state index contributed by atoms with van der Waals surface area (Å²) in [7, 11) is 0. The molecule has 5 nitrogen and oxygen atoms in total. The summed E-state index contributed by atoms with van der Waals surface area (Å²) < 4.78 is 5.58. The summed E-state index contributed by atoms with van der Waals surface area (Å²) in [5.41, 5.74) is 0. The molecular weight excluding hydrogens is 320 g/mol. The Morgan fingerprint density at radius 2 is 2.17 bits per heavy atom. The van der Waals surface area contributed by atoms with Gasteiger partial charge in [-0.05, 0) is 43.7 Å². The maximum Gasteiger partial charge on any atom is 0.191 e. The summed E-state index contributed by atoms with van der Waals surface area (Å²) in [5.74, 6) is 0.922. The van der Waals surface area contributed by atoms with Crippen molar-refractivity contribution in [1.82, 2.24) is 10.6 Å². The Labute approximate surface area is 150 Å². The summed E-state index contributed by atoms with van der Waals surface area (Å²) in [4.78, 5) is 7.11. The van der Waals surface area contributed by atoms with E-state index in [9.17, 15) is 0 Å². The number of nitrogens with zero attached hydrogens (tertiary/aromatic N) is 2. The lowest BCUT2D eigenvalue weighted by molar-refractivity contribution is 0.138. The molecule has 6 heteroatoms. The van der Waals surface area contributed by atoms with Crippen LogP contribution in [0.15, 0.2) is 22.5 Å². The molecular formula is C18H32N4OS. The van der Waals surface area contributed by atoms with Crippen molar-refractivity contribution in [3.63, 3.8) is 0 Å². The van der Waals surface area contributed by atoms with E-state index in [0.29, 0.717) is 19.2 Å². The van der Waals surface area contributed by atoms with E-state index in [1.54, 1.807) is 0 Å². The molecule has 24 heavy (non-hydrogen) atoms. The highest BCUT2D eigenvalue weighted by Gasteiger charge is 2.20. The molecule has 2 heterocycles. The van der Waals surface area contributed by atoms with Crippen molar-refractivity contribution >= 4 is 22.3 Å². The zero-order chi connectivity index (χ0) is 17.0. The number of piperidine rings is 1. The molecule has 2 N–H and O–H groups in total. The maximum absolute atomic E-state index is 5.58. The number of nitrogens with one attached hydrogen (secondary N) is 2. The SMILES string of the molecule is CCCCOCCN=C(NCC)NC1CCN(c2cccs2)CC1. The number of ether oxygens (including phenoxy) is 1. The Bertz CT molecular complexity index is 456. The average Bonchev–Trinajstić information content (AvgIpc) is 3.13. The first-order valence-electron chi connectivity index (χ1n) is 9.24. The lowest BCUT2D eigenvalue weighted by Gasteiger charge is -2.33. The maximum atomic E-state index is 5.58. The predicted octanol–water partition coefficient (Wildman–Crippen LogP) is 3.09. The Morgan fingerprint density at radius 1 is 1.33 bits per heavy atom. The number of hydrogen-bond acceptors (Lipinski definition) is 4. The molecule has 1 saturated heterocycles. The second-order valence-electron chi connectivity index (χ2n) is 6.08. The van der Waals surface area contributed by atoms with Crippen molar-refractivity contribution in [3.8, 4) is 0 Å². The van der Waals surface area contributed by atoms with Gasteiger partial charge in [0.15, 0.2) is 5.96 Å². The lowest BCUT2D eigenvalue weighted by Crippen LogP contribution is -2.48. The summed E-state index contributed by atoms with van der Waals surface area (Å²) >= 11 is 1.83. The van der Waals surface area contributed by atoms with Gasteiger partial charge < -0.3 is 20.3 Å². The number of rotatable bonds is 9. The topological polar surface area (TPSA) is 48.9 Å². The standard InChI is InChI=1S/C18H32N4OS/c1-3-5-13-23-14-10-20-18(19-4-2)21-16-8-11-22(12-9-16)17-7-6-15-24-17/h6-7,15-16H,3-5,8-14H2,1-2H3,(H2,19,20,21). The molecule has 1 fully saturated rings. The monoisotopic (exact) mass is 352 g/mol. The number of unbranched alkanes of at least 4 members (excludes halogenated alkanes) is 1. The van der Waals surface area contributed by atoms with E-state index >= 15 is 0 Å². The van der Waals surface area contributed by atoms with Crippen LogP contribution in [0, 0.1) is 0 Å². The molecule has 0 bridgehead atoms. The minimum atomic E-state index is 0.500. The van der Waals surface area contributed by atoms with Gasteiger partial charge in [0.25, 0.3) is 0 Å². The van der Waals surface area contributed by atoms with Gasteiger partial charge in [-0.3, -0.25) is 4.99 Å². The highest BCUT2D eigenvalue weighted by atomic mass is 32.1.